The quantitative estimate of drug-likeness (QED) is 0.639. The number of carbonyl (C=O) groups is 2. The van der Waals surface area contributed by atoms with Crippen LogP contribution in [-0.2, 0) is 4.79 Å². The molecule has 0 aromatic carbocycles. The number of hydrogen-bond donors (Lipinski definition) is 3. The Morgan fingerprint density at radius 3 is 2.63 bits per heavy atom. The molecule has 0 unspecified atom stereocenters. The number of nitrogens with zero attached hydrogens (tertiary/aromatic N) is 2. The predicted octanol–water partition coefficient (Wildman–Crippen LogP) is 0.184. The average molecular weight is 265 g/mol. The summed E-state index contributed by atoms with van der Waals surface area (Å²) in [5, 5.41) is 12.1. The first-order valence-electron chi connectivity index (χ1n) is 6.56. The normalized spacial score (nSPS) is 14.5. The summed E-state index contributed by atoms with van der Waals surface area (Å²) in [5.74, 6) is 1.00. The first-order valence-corrected chi connectivity index (χ1v) is 6.56. The second kappa shape index (κ2) is 5.81. The monoisotopic (exact) mass is 265 g/mol. The van der Waals surface area contributed by atoms with Gasteiger partial charge >= 0.3 is 0 Å². The van der Waals surface area contributed by atoms with Crippen LogP contribution in [0.1, 0.15) is 49.1 Å². The molecule has 7 heteroatoms. The number of hydrogen-bond acceptors (Lipinski definition) is 4. The van der Waals surface area contributed by atoms with Crippen LogP contribution in [0.15, 0.2) is 0 Å². The van der Waals surface area contributed by atoms with E-state index in [2.05, 4.69) is 25.8 Å². The van der Waals surface area contributed by atoms with E-state index in [1.165, 1.54) is 0 Å². The van der Waals surface area contributed by atoms with Crippen molar-refractivity contribution in [2.45, 2.75) is 32.6 Å². The summed E-state index contributed by atoms with van der Waals surface area (Å²) in [7, 11) is 0. The summed E-state index contributed by atoms with van der Waals surface area (Å²) in [6.45, 7) is 4.41. The highest BCUT2D eigenvalue weighted by Gasteiger charge is 2.28. The fourth-order valence-electron chi connectivity index (χ4n) is 1.56. The van der Waals surface area contributed by atoms with Crippen LogP contribution < -0.4 is 10.6 Å². The Hall–Kier alpha value is -1.92. The van der Waals surface area contributed by atoms with Crippen molar-refractivity contribution in [1.82, 2.24) is 25.8 Å². The van der Waals surface area contributed by atoms with Crippen LogP contribution in [0.3, 0.4) is 0 Å². The largest absolute Gasteiger partial charge is 0.354 e. The van der Waals surface area contributed by atoms with Crippen molar-refractivity contribution in [2.75, 3.05) is 13.1 Å². The zero-order valence-electron chi connectivity index (χ0n) is 11.2. The van der Waals surface area contributed by atoms with Crippen LogP contribution in [-0.4, -0.2) is 40.1 Å². The molecule has 0 saturated heterocycles. The molecule has 1 aromatic heterocycles. The fourth-order valence-corrected chi connectivity index (χ4v) is 1.56. The van der Waals surface area contributed by atoms with Crippen molar-refractivity contribution in [3.8, 4) is 0 Å². The summed E-state index contributed by atoms with van der Waals surface area (Å²) in [6.07, 6.45) is 2.22. The van der Waals surface area contributed by atoms with E-state index in [0.717, 1.165) is 18.7 Å². The Labute approximate surface area is 111 Å². The molecule has 1 fully saturated rings. The van der Waals surface area contributed by atoms with Crippen molar-refractivity contribution in [2.24, 2.45) is 5.92 Å². The second-order valence-electron chi connectivity index (χ2n) is 5.02. The molecule has 1 heterocycles. The van der Waals surface area contributed by atoms with Gasteiger partial charge in [0, 0.05) is 24.9 Å². The van der Waals surface area contributed by atoms with E-state index in [0.29, 0.717) is 19.0 Å². The fraction of sp³-hybridized carbons (Fsp3) is 0.667. The number of aromatic nitrogens is 3. The highest BCUT2D eigenvalue weighted by atomic mass is 16.2. The first-order chi connectivity index (χ1) is 9.08. The molecule has 7 nitrogen and oxygen atoms in total. The maximum absolute atomic E-state index is 11.7. The van der Waals surface area contributed by atoms with Gasteiger partial charge in [-0.3, -0.25) is 14.7 Å². The molecule has 1 aliphatic rings. The van der Waals surface area contributed by atoms with Gasteiger partial charge < -0.3 is 10.6 Å². The lowest BCUT2D eigenvalue weighted by Crippen LogP contribution is -2.36. The number of nitrogens with one attached hydrogen (secondary N) is 3. The summed E-state index contributed by atoms with van der Waals surface area (Å²) < 4.78 is 0. The molecule has 0 aliphatic heterocycles. The molecule has 2 amide bonds. The minimum absolute atomic E-state index is 0.0248. The molecule has 2 rings (SSSR count). The molecule has 104 valence electrons. The van der Waals surface area contributed by atoms with Gasteiger partial charge in [0.05, 0.1) is 0 Å². The van der Waals surface area contributed by atoms with E-state index in [1.807, 2.05) is 13.8 Å². The van der Waals surface area contributed by atoms with Gasteiger partial charge in [-0.25, -0.2) is 4.98 Å². The average Bonchev–Trinajstić information content (AvgIpc) is 3.11. The van der Waals surface area contributed by atoms with E-state index in [-0.39, 0.29) is 23.6 Å². The van der Waals surface area contributed by atoms with Crippen LogP contribution in [0.5, 0.6) is 0 Å². The smallest absolute Gasteiger partial charge is 0.291 e. The number of aromatic amines is 1. The molecule has 0 spiro atoms. The van der Waals surface area contributed by atoms with Crippen molar-refractivity contribution in [3.05, 3.63) is 11.6 Å². The lowest BCUT2D eigenvalue weighted by Gasteiger charge is -2.07. The summed E-state index contributed by atoms with van der Waals surface area (Å²) >= 11 is 0. The standard InChI is InChI=1S/C12H19N5O2/c1-7(2)11(18)13-5-6-14-12(19)10-15-9(16-17-10)8-3-4-8/h7-8H,3-6H2,1-2H3,(H,13,18)(H,14,19)(H,15,16,17). The molecular weight excluding hydrogens is 246 g/mol. The molecule has 1 saturated carbocycles. The van der Waals surface area contributed by atoms with E-state index in [1.54, 1.807) is 0 Å². The second-order valence-corrected chi connectivity index (χ2v) is 5.02. The van der Waals surface area contributed by atoms with Crippen LogP contribution in [0.4, 0.5) is 0 Å². The summed E-state index contributed by atoms with van der Waals surface area (Å²) in [6, 6.07) is 0. The van der Waals surface area contributed by atoms with E-state index in [9.17, 15) is 9.59 Å². The SMILES string of the molecule is CC(C)C(=O)NCCNC(=O)c1n[nH]c(C2CC2)n1. The number of amides is 2. The van der Waals surface area contributed by atoms with Gasteiger partial charge in [0.2, 0.25) is 11.7 Å². The number of rotatable bonds is 6. The minimum Gasteiger partial charge on any atom is -0.354 e. The topological polar surface area (TPSA) is 99.8 Å². The van der Waals surface area contributed by atoms with E-state index in [4.69, 9.17) is 0 Å². The van der Waals surface area contributed by atoms with Gasteiger partial charge in [0.15, 0.2) is 0 Å². The number of H-pyrrole nitrogens is 1. The molecule has 3 N–H and O–H groups in total. The predicted molar refractivity (Wildman–Crippen MR) is 68.5 cm³/mol. The zero-order chi connectivity index (χ0) is 13.8. The molecule has 0 bridgehead atoms. The van der Waals surface area contributed by atoms with Crippen LogP contribution in [0.2, 0.25) is 0 Å². The van der Waals surface area contributed by atoms with Crippen LogP contribution in [0.25, 0.3) is 0 Å². The lowest BCUT2D eigenvalue weighted by molar-refractivity contribution is -0.123. The van der Waals surface area contributed by atoms with E-state index >= 15 is 0 Å². The maximum Gasteiger partial charge on any atom is 0.291 e. The Morgan fingerprint density at radius 2 is 2.00 bits per heavy atom. The third kappa shape index (κ3) is 3.77. The van der Waals surface area contributed by atoms with Crippen molar-refractivity contribution >= 4 is 11.8 Å². The number of carbonyl (C=O) groups excluding carboxylic acids is 2. The Bertz CT molecular complexity index is 464. The molecule has 0 atom stereocenters. The minimum atomic E-state index is -0.318. The third-order valence-corrected chi connectivity index (χ3v) is 2.90. The van der Waals surface area contributed by atoms with Gasteiger partial charge in [-0.2, -0.15) is 0 Å². The summed E-state index contributed by atoms with van der Waals surface area (Å²) in [4.78, 5) is 27.1. The molecular formula is C12H19N5O2. The van der Waals surface area contributed by atoms with Gasteiger partial charge in [-0.1, -0.05) is 13.8 Å². The van der Waals surface area contributed by atoms with Crippen molar-refractivity contribution in [3.63, 3.8) is 0 Å². The highest BCUT2D eigenvalue weighted by molar-refractivity contribution is 5.90. The Morgan fingerprint density at radius 1 is 1.32 bits per heavy atom. The Kier molecular flexibility index (Phi) is 4.13. The van der Waals surface area contributed by atoms with Crippen LogP contribution >= 0.6 is 0 Å². The lowest BCUT2D eigenvalue weighted by atomic mass is 10.2. The molecule has 1 aliphatic carbocycles. The van der Waals surface area contributed by atoms with Gasteiger partial charge in [0.1, 0.15) is 5.82 Å². The van der Waals surface area contributed by atoms with Crippen molar-refractivity contribution < 1.29 is 9.59 Å². The van der Waals surface area contributed by atoms with Gasteiger partial charge in [0.25, 0.3) is 5.91 Å². The summed E-state index contributed by atoms with van der Waals surface area (Å²) in [5.41, 5.74) is 0. The maximum atomic E-state index is 11.7. The first kappa shape index (κ1) is 13.5. The molecule has 19 heavy (non-hydrogen) atoms. The molecule has 1 aromatic rings. The Balaban J connectivity index is 1.70. The highest BCUT2D eigenvalue weighted by Crippen LogP contribution is 2.37. The molecule has 0 radical (unpaired) electrons. The van der Waals surface area contributed by atoms with Gasteiger partial charge in [-0.05, 0) is 12.8 Å². The third-order valence-electron chi connectivity index (χ3n) is 2.90. The zero-order valence-corrected chi connectivity index (χ0v) is 11.2. The van der Waals surface area contributed by atoms with E-state index < -0.39 is 0 Å². The van der Waals surface area contributed by atoms with Gasteiger partial charge in [-0.15, -0.1) is 5.10 Å². The van der Waals surface area contributed by atoms with Crippen molar-refractivity contribution in [1.29, 1.82) is 0 Å². The van der Waals surface area contributed by atoms with Crippen LogP contribution in [0, 0.1) is 5.92 Å².